The molecule has 2 rings (SSSR count). The molecule has 5 N–H and O–H groups in total. The molecular weight excluding hydrogens is 280 g/mol. The van der Waals surface area contributed by atoms with Gasteiger partial charge < -0.3 is 15.6 Å². The molecule has 2 aromatic rings. The Kier molecular flexibility index (Phi) is 3.93. The summed E-state index contributed by atoms with van der Waals surface area (Å²) in [7, 11) is -3.95. The average molecular weight is 294 g/mol. The first-order valence-electron chi connectivity index (χ1n) is 5.70. The van der Waals surface area contributed by atoms with E-state index >= 15 is 0 Å². The summed E-state index contributed by atoms with van der Waals surface area (Å²) >= 11 is 0. The van der Waals surface area contributed by atoms with Crippen LogP contribution in [-0.4, -0.2) is 13.5 Å². The molecule has 20 heavy (non-hydrogen) atoms. The number of rotatable bonds is 4. The molecule has 0 saturated carbocycles. The predicted molar refractivity (Wildman–Crippen MR) is 74.7 cm³/mol. The molecule has 0 bridgehead atoms. The van der Waals surface area contributed by atoms with Gasteiger partial charge in [-0.3, -0.25) is 0 Å². The first kappa shape index (κ1) is 14.3. The number of anilines is 1. The lowest BCUT2D eigenvalue weighted by molar-refractivity contribution is 0.281. The normalized spacial score (nSPS) is 11.3. The van der Waals surface area contributed by atoms with Crippen molar-refractivity contribution < 1.29 is 18.3 Å². The maximum absolute atomic E-state index is 11.5. The zero-order valence-corrected chi connectivity index (χ0v) is 11.3. The number of ether oxygens (including phenoxy) is 1. The highest BCUT2D eigenvalue weighted by Crippen LogP contribution is 2.30. The highest BCUT2D eigenvalue weighted by molar-refractivity contribution is 7.89. The Morgan fingerprint density at radius 2 is 1.90 bits per heavy atom. The SMILES string of the molecule is Nc1ccc(Oc2cccc(CO)c2)c(S(N)(=O)=O)c1. The first-order valence-corrected chi connectivity index (χ1v) is 7.25. The van der Waals surface area contributed by atoms with Gasteiger partial charge in [0.2, 0.25) is 10.0 Å². The molecule has 0 atom stereocenters. The standard InChI is InChI=1S/C13H14N2O4S/c14-10-4-5-12(13(7-10)20(15,17)18)19-11-3-1-2-9(6-11)8-16/h1-7,16H,8,14H2,(H2,15,17,18). The van der Waals surface area contributed by atoms with E-state index in [4.69, 9.17) is 20.7 Å². The monoisotopic (exact) mass is 294 g/mol. The van der Waals surface area contributed by atoms with Gasteiger partial charge in [-0.25, -0.2) is 13.6 Å². The molecule has 0 aliphatic carbocycles. The number of hydrogen-bond donors (Lipinski definition) is 3. The highest BCUT2D eigenvalue weighted by atomic mass is 32.2. The molecule has 2 aromatic carbocycles. The number of hydrogen-bond acceptors (Lipinski definition) is 5. The smallest absolute Gasteiger partial charge is 0.241 e. The second-order valence-corrected chi connectivity index (χ2v) is 5.69. The van der Waals surface area contributed by atoms with Crippen molar-refractivity contribution in [2.45, 2.75) is 11.5 Å². The number of primary sulfonamides is 1. The topological polar surface area (TPSA) is 116 Å². The molecule has 0 radical (unpaired) electrons. The van der Waals surface area contributed by atoms with Gasteiger partial charge in [-0.2, -0.15) is 0 Å². The maximum atomic E-state index is 11.5. The first-order chi connectivity index (χ1) is 9.40. The van der Waals surface area contributed by atoms with E-state index < -0.39 is 10.0 Å². The van der Waals surface area contributed by atoms with Gasteiger partial charge in [-0.1, -0.05) is 12.1 Å². The zero-order chi connectivity index (χ0) is 14.8. The third kappa shape index (κ3) is 3.27. The minimum absolute atomic E-state index is 0.0804. The Balaban J connectivity index is 2.43. The van der Waals surface area contributed by atoms with Crippen LogP contribution in [0.2, 0.25) is 0 Å². The molecule has 0 aliphatic heterocycles. The second-order valence-electron chi connectivity index (χ2n) is 4.16. The molecule has 0 aliphatic rings. The van der Waals surface area contributed by atoms with Crippen molar-refractivity contribution in [1.82, 2.24) is 0 Å². The van der Waals surface area contributed by atoms with Crippen molar-refractivity contribution in [2.75, 3.05) is 5.73 Å². The van der Waals surface area contributed by atoms with Crippen molar-refractivity contribution in [3.63, 3.8) is 0 Å². The average Bonchev–Trinajstić information content (AvgIpc) is 2.40. The summed E-state index contributed by atoms with van der Waals surface area (Å²) in [6.45, 7) is -0.138. The van der Waals surface area contributed by atoms with E-state index in [-0.39, 0.29) is 22.9 Å². The minimum Gasteiger partial charge on any atom is -0.456 e. The van der Waals surface area contributed by atoms with E-state index in [1.54, 1.807) is 24.3 Å². The van der Waals surface area contributed by atoms with E-state index in [0.29, 0.717) is 11.3 Å². The molecule has 0 fully saturated rings. The summed E-state index contributed by atoms with van der Waals surface area (Å²) in [5.41, 5.74) is 6.47. The Morgan fingerprint density at radius 3 is 2.55 bits per heavy atom. The van der Waals surface area contributed by atoms with Crippen LogP contribution in [0.3, 0.4) is 0 Å². The van der Waals surface area contributed by atoms with Crippen LogP contribution in [-0.2, 0) is 16.6 Å². The van der Waals surface area contributed by atoms with Gasteiger partial charge in [0.1, 0.15) is 16.4 Å². The van der Waals surface area contributed by atoms with Gasteiger partial charge in [0.25, 0.3) is 0 Å². The summed E-state index contributed by atoms with van der Waals surface area (Å²) in [6.07, 6.45) is 0. The van der Waals surface area contributed by atoms with E-state index in [1.165, 1.54) is 18.2 Å². The van der Waals surface area contributed by atoms with Gasteiger partial charge in [-0.15, -0.1) is 0 Å². The van der Waals surface area contributed by atoms with Gasteiger partial charge >= 0.3 is 0 Å². The molecule has 0 spiro atoms. The van der Waals surface area contributed by atoms with Crippen LogP contribution in [0.4, 0.5) is 5.69 Å². The molecular formula is C13H14N2O4S. The number of benzene rings is 2. The predicted octanol–water partition coefficient (Wildman–Crippen LogP) is 1.20. The van der Waals surface area contributed by atoms with Crippen molar-refractivity contribution in [1.29, 1.82) is 0 Å². The molecule has 106 valence electrons. The molecule has 0 unspecified atom stereocenters. The van der Waals surface area contributed by atoms with Crippen molar-refractivity contribution in [3.05, 3.63) is 48.0 Å². The summed E-state index contributed by atoms with van der Waals surface area (Å²) in [4.78, 5) is -0.188. The molecule has 7 heteroatoms. The van der Waals surface area contributed by atoms with Crippen LogP contribution < -0.4 is 15.6 Å². The van der Waals surface area contributed by atoms with Crippen LogP contribution >= 0.6 is 0 Å². The van der Waals surface area contributed by atoms with E-state index in [1.807, 2.05) is 0 Å². The molecule has 0 heterocycles. The zero-order valence-electron chi connectivity index (χ0n) is 10.5. The Hall–Kier alpha value is -2.09. The summed E-state index contributed by atoms with van der Waals surface area (Å²) in [6, 6.07) is 10.8. The summed E-state index contributed by atoms with van der Waals surface area (Å²) < 4.78 is 28.6. The number of nitrogen functional groups attached to an aromatic ring is 1. The lowest BCUT2D eigenvalue weighted by atomic mass is 10.2. The Bertz CT molecular complexity index is 729. The van der Waals surface area contributed by atoms with Crippen molar-refractivity contribution in [2.24, 2.45) is 5.14 Å². The van der Waals surface area contributed by atoms with Crippen LogP contribution in [0, 0.1) is 0 Å². The van der Waals surface area contributed by atoms with Gasteiger partial charge in [0.05, 0.1) is 6.61 Å². The van der Waals surface area contributed by atoms with E-state index in [2.05, 4.69) is 0 Å². The summed E-state index contributed by atoms with van der Waals surface area (Å²) in [5, 5.41) is 14.2. The minimum atomic E-state index is -3.95. The van der Waals surface area contributed by atoms with Gasteiger partial charge in [-0.05, 0) is 35.9 Å². The van der Waals surface area contributed by atoms with Crippen LogP contribution in [0.1, 0.15) is 5.56 Å². The van der Waals surface area contributed by atoms with Gasteiger partial charge in [0, 0.05) is 5.69 Å². The molecule has 0 amide bonds. The Labute approximate surface area is 116 Å². The number of nitrogens with two attached hydrogens (primary N) is 2. The van der Waals surface area contributed by atoms with Crippen LogP contribution in [0.15, 0.2) is 47.4 Å². The Morgan fingerprint density at radius 1 is 1.15 bits per heavy atom. The third-order valence-corrected chi connectivity index (χ3v) is 3.52. The number of aliphatic hydroxyl groups excluding tert-OH is 1. The highest BCUT2D eigenvalue weighted by Gasteiger charge is 2.16. The number of aliphatic hydroxyl groups is 1. The fraction of sp³-hybridized carbons (Fsp3) is 0.0769. The van der Waals surface area contributed by atoms with Gasteiger partial charge in [0.15, 0.2) is 0 Å². The fourth-order valence-corrected chi connectivity index (χ4v) is 2.36. The molecule has 0 saturated heterocycles. The molecule has 0 aromatic heterocycles. The maximum Gasteiger partial charge on any atom is 0.241 e. The summed E-state index contributed by atoms with van der Waals surface area (Å²) in [5.74, 6) is 0.475. The largest absolute Gasteiger partial charge is 0.456 e. The lowest BCUT2D eigenvalue weighted by Gasteiger charge is -2.11. The van der Waals surface area contributed by atoms with Crippen LogP contribution in [0.5, 0.6) is 11.5 Å². The van der Waals surface area contributed by atoms with E-state index in [9.17, 15) is 8.42 Å². The number of sulfonamides is 1. The molecule has 6 nitrogen and oxygen atoms in total. The third-order valence-electron chi connectivity index (χ3n) is 2.58. The van der Waals surface area contributed by atoms with Crippen molar-refractivity contribution >= 4 is 15.7 Å². The van der Waals surface area contributed by atoms with E-state index in [0.717, 1.165) is 0 Å². The lowest BCUT2D eigenvalue weighted by Crippen LogP contribution is -2.13. The quantitative estimate of drug-likeness (QED) is 0.733. The van der Waals surface area contributed by atoms with Crippen LogP contribution in [0.25, 0.3) is 0 Å². The fourth-order valence-electron chi connectivity index (χ4n) is 1.67. The van der Waals surface area contributed by atoms with Crippen molar-refractivity contribution in [3.8, 4) is 11.5 Å². The second kappa shape index (κ2) is 5.49.